The van der Waals surface area contributed by atoms with Gasteiger partial charge in [0.05, 0.1) is 7.11 Å². The highest BCUT2D eigenvalue weighted by atomic mass is 35.5. The average Bonchev–Trinajstić information content (AvgIpc) is 2.90. The molecule has 2 aromatic rings. The number of methoxy groups -OCH3 is 1. The van der Waals surface area contributed by atoms with E-state index in [0.717, 1.165) is 17.7 Å². The Balaban J connectivity index is 1.87. The molecular weight excluding hydrogens is 284 g/mol. The monoisotopic (exact) mass is 302 g/mol. The number of fused-ring (bicyclic) bond motifs is 1. The van der Waals surface area contributed by atoms with Gasteiger partial charge in [0, 0.05) is 23.1 Å². The second kappa shape index (κ2) is 5.61. The Morgan fingerprint density at radius 2 is 1.90 bits per heavy atom. The summed E-state index contributed by atoms with van der Waals surface area (Å²) in [5, 5.41) is 0.685. The molecule has 1 atom stereocenters. The van der Waals surface area contributed by atoms with Gasteiger partial charge in [-0.15, -0.1) is 0 Å². The van der Waals surface area contributed by atoms with Crippen molar-refractivity contribution in [2.24, 2.45) is 0 Å². The number of benzene rings is 2. The highest BCUT2D eigenvalue weighted by Gasteiger charge is 2.28. The molecule has 0 aliphatic carbocycles. The molecule has 1 aliphatic heterocycles. The zero-order chi connectivity index (χ0) is 15.0. The van der Waals surface area contributed by atoms with Gasteiger partial charge in [-0.2, -0.15) is 0 Å². The third-order valence-electron chi connectivity index (χ3n) is 3.96. The normalized spacial score (nSPS) is 16.7. The molecule has 110 valence electrons. The molecule has 0 saturated heterocycles. The van der Waals surface area contributed by atoms with E-state index in [2.05, 4.69) is 38.1 Å². The van der Waals surface area contributed by atoms with Crippen LogP contribution in [0, 0.1) is 0 Å². The van der Waals surface area contributed by atoms with E-state index in [1.807, 2.05) is 6.07 Å². The van der Waals surface area contributed by atoms with E-state index in [4.69, 9.17) is 21.1 Å². The van der Waals surface area contributed by atoms with Gasteiger partial charge in [0.1, 0.15) is 6.10 Å². The first-order chi connectivity index (χ1) is 10.1. The van der Waals surface area contributed by atoms with Crippen LogP contribution < -0.4 is 9.47 Å². The van der Waals surface area contributed by atoms with Crippen LogP contribution in [-0.2, 0) is 6.42 Å². The van der Waals surface area contributed by atoms with Crippen LogP contribution in [0.3, 0.4) is 0 Å². The third-order valence-corrected chi connectivity index (χ3v) is 4.18. The number of hydrogen-bond acceptors (Lipinski definition) is 2. The van der Waals surface area contributed by atoms with E-state index in [1.165, 1.54) is 11.1 Å². The van der Waals surface area contributed by atoms with Gasteiger partial charge < -0.3 is 9.47 Å². The first kappa shape index (κ1) is 14.3. The Morgan fingerprint density at radius 3 is 2.52 bits per heavy atom. The average molecular weight is 303 g/mol. The van der Waals surface area contributed by atoms with Crippen LogP contribution in [0.25, 0.3) is 0 Å². The maximum atomic E-state index is 6.12. The van der Waals surface area contributed by atoms with Crippen molar-refractivity contribution in [3.8, 4) is 11.5 Å². The predicted octanol–water partition coefficient (Wildman–Crippen LogP) is 5.15. The molecular formula is C18H19ClO2. The molecule has 3 rings (SSSR count). The number of hydrogen-bond donors (Lipinski definition) is 0. The van der Waals surface area contributed by atoms with Crippen LogP contribution in [0.5, 0.6) is 11.5 Å². The standard InChI is InChI=1S/C18H19ClO2/c1-11(2)12-4-6-13(7-5-12)16-9-14-8-15(19)10-17(20-3)18(14)21-16/h4-8,10-11,16H,9H2,1-3H3. The summed E-state index contributed by atoms with van der Waals surface area (Å²) in [5.41, 5.74) is 3.64. The van der Waals surface area contributed by atoms with Crippen LogP contribution >= 0.6 is 11.6 Å². The molecule has 1 heterocycles. The van der Waals surface area contributed by atoms with E-state index in [1.54, 1.807) is 13.2 Å². The molecule has 0 radical (unpaired) electrons. The van der Waals surface area contributed by atoms with Gasteiger partial charge in [0.15, 0.2) is 11.5 Å². The lowest BCUT2D eigenvalue weighted by molar-refractivity contribution is 0.228. The molecule has 0 bridgehead atoms. The Hall–Kier alpha value is -1.67. The largest absolute Gasteiger partial charge is 0.493 e. The van der Waals surface area contributed by atoms with Crippen molar-refractivity contribution in [3.05, 3.63) is 58.1 Å². The highest BCUT2D eigenvalue weighted by Crippen LogP contribution is 2.44. The summed E-state index contributed by atoms with van der Waals surface area (Å²) >= 11 is 6.12. The van der Waals surface area contributed by atoms with E-state index in [9.17, 15) is 0 Å². The minimum atomic E-state index is 0.0357. The molecule has 1 aliphatic rings. The molecule has 2 aromatic carbocycles. The van der Waals surface area contributed by atoms with Crippen molar-refractivity contribution in [2.45, 2.75) is 32.3 Å². The van der Waals surface area contributed by atoms with E-state index < -0.39 is 0 Å². The third kappa shape index (κ3) is 2.73. The molecule has 0 spiro atoms. The maximum Gasteiger partial charge on any atom is 0.165 e. The fourth-order valence-corrected chi connectivity index (χ4v) is 2.96. The lowest BCUT2D eigenvalue weighted by atomic mass is 9.98. The SMILES string of the molecule is COc1cc(Cl)cc2c1OC(c1ccc(C(C)C)cc1)C2. The number of ether oxygens (including phenoxy) is 2. The molecule has 0 aromatic heterocycles. The molecule has 0 N–H and O–H groups in total. The lowest BCUT2D eigenvalue weighted by Gasteiger charge is -2.13. The van der Waals surface area contributed by atoms with Gasteiger partial charge in [0.25, 0.3) is 0 Å². The minimum absolute atomic E-state index is 0.0357. The van der Waals surface area contributed by atoms with E-state index >= 15 is 0 Å². The van der Waals surface area contributed by atoms with Gasteiger partial charge >= 0.3 is 0 Å². The fraction of sp³-hybridized carbons (Fsp3) is 0.333. The highest BCUT2D eigenvalue weighted by molar-refractivity contribution is 6.30. The van der Waals surface area contributed by atoms with Crippen LogP contribution in [-0.4, -0.2) is 7.11 Å². The van der Waals surface area contributed by atoms with Gasteiger partial charge in [-0.1, -0.05) is 49.7 Å². The van der Waals surface area contributed by atoms with Gasteiger partial charge in [-0.05, 0) is 23.1 Å². The Kier molecular flexibility index (Phi) is 3.81. The van der Waals surface area contributed by atoms with Crippen LogP contribution in [0.4, 0.5) is 0 Å². The first-order valence-electron chi connectivity index (χ1n) is 7.21. The van der Waals surface area contributed by atoms with Gasteiger partial charge in [-0.25, -0.2) is 0 Å². The second-order valence-electron chi connectivity index (χ2n) is 5.73. The topological polar surface area (TPSA) is 18.5 Å². The summed E-state index contributed by atoms with van der Waals surface area (Å²) in [6, 6.07) is 12.4. The first-order valence-corrected chi connectivity index (χ1v) is 7.59. The minimum Gasteiger partial charge on any atom is -0.493 e. The van der Waals surface area contributed by atoms with Gasteiger partial charge in [0.2, 0.25) is 0 Å². The molecule has 21 heavy (non-hydrogen) atoms. The number of halogens is 1. The van der Waals surface area contributed by atoms with Crippen molar-refractivity contribution in [2.75, 3.05) is 7.11 Å². The van der Waals surface area contributed by atoms with E-state index in [-0.39, 0.29) is 6.10 Å². The Bertz CT molecular complexity index is 647. The summed E-state index contributed by atoms with van der Waals surface area (Å²) in [4.78, 5) is 0. The Labute approximate surface area is 130 Å². The summed E-state index contributed by atoms with van der Waals surface area (Å²) in [5.74, 6) is 2.07. The summed E-state index contributed by atoms with van der Waals surface area (Å²) in [6.07, 6.45) is 0.862. The summed E-state index contributed by atoms with van der Waals surface area (Å²) in [7, 11) is 1.64. The van der Waals surface area contributed by atoms with E-state index in [0.29, 0.717) is 16.7 Å². The zero-order valence-corrected chi connectivity index (χ0v) is 13.3. The number of rotatable bonds is 3. The summed E-state index contributed by atoms with van der Waals surface area (Å²) < 4.78 is 11.4. The quantitative estimate of drug-likeness (QED) is 0.781. The van der Waals surface area contributed by atoms with Crippen LogP contribution in [0.2, 0.25) is 5.02 Å². The van der Waals surface area contributed by atoms with Crippen molar-refractivity contribution in [1.29, 1.82) is 0 Å². The molecule has 0 amide bonds. The molecule has 0 fully saturated rings. The smallest absolute Gasteiger partial charge is 0.165 e. The predicted molar refractivity (Wildman–Crippen MR) is 85.6 cm³/mol. The molecule has 0 saturated carbocycles. The van der Waals surface area contributed by atoms with Crippen molar-refractivity contribution in [1.82, 2.24) is 0 Å². The second-order valence-corrected chi connectivity index (χ2v) is 6.16. The van der Waals surface area contributed by atoms with Crippen molar-refractivity contribution >= 4 is 11.6 Å². The lowest BCUT2D eigenvalue weighted by Crippen LogP contribution is -2.03. The molecule has 1 unspecified atom stereocenters. The Morgan fingerprint density at radius 1 is 1.19 bits per heavy atom. The summed E-state index contributed by atoms with van der Waals surface area (Å²) in [6.45, 7) is 4.40. The zero-order valence-electron chi connectivity index (χ0n) is 12.5. The molecule has 3 heteroatoms. The van der Waals surface area contributed by atoms with Crippen molar-refractivity contribution in [3.63, 3.8) is 0 Å². The fourth-order valence-electron chi connectivity index (χ4n) is 2.72. The maximum absolute atomic E-state index is 6.12. The van der Waals surface area contributed by atoms with Gasteiger partial charge in [-0.3, -0.25) is 0 Å². The van der Waals surface area contributed by atoms with Crippen LogP contribution in [0.1, 0.15) is 42.6 Å². The van der Waals surface area contributed by atoms with Crippen LogP contribution in [0.15, 0.2) is 36.4 Å². The van der Waals surface area contributed by atoms with Crippen molar-refractivity contribution < 1.29 is 9.47 Å². The molecule has 2 nitrogen and oxygen atoms in total.